The molecule has 0 N–H and O–H groups in total. The Kier molecular flexibility index (Phi) is 35.3. The van der Waals surface area contributed by atoms with E-state index in [4.69, 9.17) is 32.4 Å². The van der Waals surface area contributed by atoms with Gasteiger partial charge in [0, 0.05) is 19.5 Å². The van der Waals surface area contributed by atoms with Crippen LogP contribution in [0.2, 0.25) is 0 Å². The van der Waals surface area contributed by atoms with Gasteiger partial charge in [-0.3, -0.25) is 5.92 Å². The Balaban J connectivity index is 0.000000935. The van der Waals surface area contributed by atoms with E-state index in [2.05, 4.69) is 243 Å². The zero-order chi connectivity index (χ0) is 57.1. The van der Waals surface area contributed by atoms with E-state index in [9.17, 15) is 26.3 Å². The van der Waals surface area contributed by atoms with Crippen LogP contribution in [-0.4, -0.2) is 57.0 Å². The number of alkyl halides is 6. The van der Waals surface area contributed by atoms with Gasteiger partial charge in [0.05, 0.1) is 0 Å². The van der Waals surface area contributed by atoms with Crippen LogP contribution in [0.3, 0.4) is 0 Å². The van der Waals surface area contributed by atoms with Crippen LogP contribution in [0, 0.1) is 41.9 Å². The molecular weight excluding hydrogens is 1370 g/mol. The molecule has 8 rings (SSSR count). The first-order valence-corrected chi connectivity index (χ1v) is 31.0. The minimum absolute atomic E-state index is 0. The van der Waals surface area contributed by atoms with Crippen molar-refractivity contribution in [1.82, 2.24) is 0 Å². The standard InChI is InChI=1S/2C18H15P.C10H15.C8H5.C3H9P.2CHF3O3S.Pt.Rh/c2*1-4-10-16(11-5-1)19(17-12-6-2-7-13-17)18-14-8-3-9-15-18;1-6-7(2)9(4)10(5)8(6)3;1-2-8-6-4-3-5-7-8;1-4(2)3;2*2-1(3,4)8(5,6)7;;/h2*1-15H;1-5H3;3-7H;1-3H3;2*(H,5,6,7);;/q;;;-1;;;;+2;/p-2. The number of rotatable bonds is 6. The summed E-state index contributed by atoms with van der Waals surface area (Å²) >= 11 is 0. The van der Waals surface area contributed by atoms with Crippen molar-refractivity contribution >= 4 is 75.8 Å². The first-order chi connectivity index (χ1) is 35.6. The maximum absolute atomic E-state index is 10.7. The Morgan fingerprint density at radius 1 is 0.372 bits per heavy atom. The molecule has 6 radical (unpaired) electrons. The van der Waals surface area contributed by atoms with Gasteiger partial charge in [-0.1, -0.05) is 235 Å². The van der Waals surface area contributed by atoms with Gasteiger partial charge < -0.3 is 15.5 Å². The molecule has 0 atom stereocenters. The summed E-state index contributed by atoms with van der Waals surface area (Å²) in [6.07, 6.45) is 6.69. The summed E-state index contributed by atoms with van der Waals surface area (Å²) in [6.45, 7) is 17.7. The largest absolute Gasteiger partial charge is 2.00 e. The van der Waals surface area contributed by atoms with E-state index in [1.54, 1.807) is 0 Å². The van der Waals surface area contributed by atoms with E-state index in [0.29, 0.717) is 7.92 Å². The molecule has 0 amide bonds. The van der Waals surface area contributed by atoms with Crippen LogP contribution >= 0.6 is 23.8 Å². The fourth-order valence-electron chi connectivity index (χ4n) is 6.28. The van der Waals surface area contributed by atoms with Gasteiger partial charge in [0.2, 0.25) is 0 Å². The van der Waals surface area contributed by atoms with Gasteiger partial charge in [-0.15, -0.1) is 25.6 Å². The number of benzene rings is 7. The van der Waals surface area contributed by atoms with Crippen molar-refractivity contribution in [3.05, 3.63) is 254 Å². The number of hydrogen-bond donors (Lipinski definition) is 0. The van der Waals surface area contributed by atoms with Crippen molar-refractivity contribution < 1.29 is 92.8 Å². The Bertz CT molecular complexity index is 2540. The van der Waals surface area contributed by atoms with E-state index < -0.39 is 47.1 Å². The second-order valence-electron chi connectivity index (χ2n) is 16.4. The zero-order valence-electron chi connectivity index (χ0n) is 43.7. The summed E-state index contributed by atoms with van der Waals surface area (Å²) < 4.78 is 118. The van der Waals surface area contributed by atoms with Gasteiger partial charge in [-0.05, 0) is 97.3 Å². The Labute approximate surface area is 490 Å². The summed E-state index contributed by atoms with van der Waals surface area (Å²) in [7, 11) is -12.7. The van der Waals surface area contributed by atoms with Gasteiger partial charge in [0.1, 0.15) is 0 Å². The molecule has 0 unspecified atom stereocenters. The Hall–Kier alpha value is -3.90. The third kappa shape index (κ3) is 27.0. The molecule has 0 heterocycles. The van der Waals surface area contributed by atoms with Crippen LogP contribution < -0.4 is 31.8 Å². The maximum atomic E-state index is 10.7. The summed E-state index contributed by atoms with van der Waals surface area (Å²) in [4.78, 5) is 0. The first-order valence-electron chi connectivity index (χ1n) is 22.9. The molecule has 1 fully saturated rings. The molecule has 7 aromatic carbocycles. The molecule has 1 aliphatic carbocycles. The molecule has 0 bridgehead atoms. The predicted octanol–water partition coefficient (Wildman–Crippen LogP) is 12.9. The molecule has 7 aromatic rings. The van der Waals surface area contributed by atoms with E-state index in [1.165, 1.54) is 61.4 Å². The third-order valence-corrected chi connectivity index (χ3v) is 16.4. The smallest absolute Gasteiger partial charge is 0.741 e. The maximum Gasteiger partial charge on any atom is 2.00 e. The van der Waals surface area contributed by atoms with Crippen LogP contribution in [0.25, 0.3) is 0 Å². The van der Waals surface area contributed by atoms with Gasteiger partial charge in [0.15, 0.2) is 20.2 Å². The van der Waals surface area contributed by atoms with Crippen LogP contribution in [-0.2, 0) is 60.8 Å². The van der Waals surface area contributed by atoms with Crippen molar-refractivity contribution in [2.24, 2.45) is 0 Å². The predicted molar refractivity (Wildman–Crippen MR) is 304 cm³/mol. The minimum Gasteiger partial charge on any atom is -0.741 e. The third-order valence-electron chi connectivity index (χ3n) is 10.4. The quantitative estimate of drug-likeness (QED) is 0.0312. The molecule has 6 nitrogen and oxygen atoms in total. The molecule has 1 saturated carbocycles. The fourth-order valence-corrected chi connectivity index (χ4v) is 10.9. The van der Waals surface area contributed by atoms with Crippen molar-refractivity contribution in [3.63, 3.8) is 0 Å². The molecule has 19 heteroatoms. The number of halogens is 6. The SMILES string of the molecule is CP(C)C.C[C]1[C](C)[C](C)[C](C)[C]1C.O=S(=O)([O-])C(F)(F)F.O=S(=O)([O-])C(F)(F)F.[C-]#Cc1ccccc1.[Pt+2].[Rh].c1ccc(P(c2ccccc2)c2ccccc2)cc1.c1ccc(P(c2ccccc2)c2ccccc2)cc1. The summed E-state index contributed by atoms with van der Waals surface area (Å²) in [5.41, 5.74) is -10.5. The zero-order valence-corrected chi connectivity index (χ0v) is 52.0. The monoisotopic (exact) mass is 1430 g/mol. The average Bonchev–Trinajstić information content (AvgIpc) is 3.55. The van der Waals surface area contributed by atoms with Gasteiger partial charge in [-0.2, -0.15) is 26.3 Å². The van der Waals surface area contributed by atoms with Crippen molar-refractivity contribution in [3.8, 4) is 5.92 Å². The molecule has 0 aliphatic heterocycles. The van der Waals surface area contributed by atoms with Crippen molar-refractivity contribution in [2.45, 2.75) is 45.6 Å². The molecule has 78 heavy (non-hydrogen) atoms. The normalized spacial score (nSPS) is 12.9. The molecule has 0 saturated heterocycles. The summed E-state index contributed by atoms with van der Waals surface area (Å²) in [5, 5.41) is 8.39. The molecule has 420 valence electrons. The van der Waals surface area contributed by atoms with E-state index in [-0.39, 0.29) is 40.5 Å². The molecule has 1 aliphatic rings. The minimum atomic E-state index is -6.09. The van der Waals surface area contributed by atoms with E-state index >= 15 is 0 Å². The van der Waals surface area contributed by atoms with Gasteiger partial charge in [-0.25, -0.2) is 16.8 Å². The fraction of sp³-hybridized carbons (Fsp3) is 0.169. The van der Waals surface area contributed by atoms with Crippen LogP contribution in [0.15, 0.2) is 212 Å². The summed E-state index contributed by atoms with van der Waals surface area (Å²) in [6, 6.07) is 74.0. The average molecular weight is 1430 g/mol. The molecule has 0 aromatic heterocycles. The topological polar surface area (TPSA) is 114 Å². The summed E-state index contributed by atoms with van der Waals surface area (Å²) in [5.74, 6) is 9.61. The van der Waals surface area contributed by atoms with Crippen LogP contribution in [0.4, 0.5) is 26.3 Å². The Morgan fingerprint density at radius 2 is 0.500 bits per heavy atom. The first kappa shape index (κ1) is 74.1. The van der Waals surface area contributed by atoms with E-state index in [1.807, 2.05) is 30.3 Å². The van der Waals surface area contributed by atoms with Gasteiger partial charge in [0.25, 0.3) is 0 Å². The van der Waals surface area contributed by atoms with Gasteiger partial charge >= 0.3 is 32.1 Å². The second-order valence-corrected chi connectivity index (χ2v) is 26.3. The molecule has 0 spiro atoms. The van der Waals surface area contributed by atoms with E-state index in [0.717, 1.165) is 5.56 Å². The Morgan fingerprint density at radius 3 is 0.603 bits per heavy atom. The van der Waals surface area contributed by atoms with Crippen LogP contribution in [0.1, 0.15) is 40.2 Å². The van der Waals surface area contributed by atoms with Crippen LogP contribution in [0.5, 0.6) is 0 Å². The number of hydrogen-bond acceptors (Lipinski definition) is 6. The molecular formula is C59H59F6O6P3PtRhS2-. The van der Waals surface area contributed by atoms with Crippen molar-refractivity contribution in [2.75, 3.05) is 20.0 Å². The van der Waals surface area contributed by atoms with Crippen molar-refractivity contribution in [1.29, 1.82) is 0 Å². The second kappa shape index (κ2) is 37.2.